The molecular weight excluding hydrogens is 371 g/mol. The van der Waals surface area contributed by atoms with Gasteiger partial charge in [-0.05, 0) is 68.5 Å². The zero-order valence-corrected chi connectivity index (χ0v) is 14.1. The third-order valence-electron chi connectivity index (χ3n) is 3.61. The summed E-state index contributed by atoms with van der Waals surface area (Å²) in [4.78, 5) is 23.3. The number of rotatable bonds is 4. The first-order chi connectivity index (χ1) is 9.06. The molecule has 0 saturated carbocycles. The normalized spacial score (nSPS) is 11.8. The maximum atomic E-state index is 12.0. The van der Waals surface area contributed by atoms with Gasteiger partial charge in [-0.1, -0.05) is 6.07 Å². The molecule has 0 saturated heterocycles. The number of urea groups is 1. The summed E-state index contributed by atoms with van der Waals surface area (Å²) < 4.78 is 1.01. The van der Waals surface area contributed by atoms with Gasteiger partial charge in [0.05, 0.1) is 11.0 Å². The van der Waals surface area contributed by atoms with E-state index in [0.29, 0.717) is 5.69 Å². The van der Waals surface area contributed by atoms with Crippen molar-refractivity contribution in [3.05, 3.63) is 27.8 Å². The van der Waals surface area contributed by atoms with Crippen LogP contribution in [0, 0.1) is 8.99 Å². The second-order valence-corrected chi connectivity index (χ2v) is 6.89. The van der Waals surface area contributed by atoms with Crippen molar-refractivity contribution in [2.45, 2.75) is 33.2 Å². The van der Waals surface area contributed by atoms with Gasteiger partial charge in [-0.15, -0.1) is 0 Å². The maximum Gasteiger partial charge on any atom is 0.319 e. The number of halogens is 1. The summed E-state index contributed by atoms with van der Waals surface area (Å²) in [5.74, 6) is -0.961. The summed E-state index contributed by atoms with van der Waals surface area (Å²) in [5, 5.41) is 14.7. The molecule has 0 unspecified atom stereocenters. The van der Waals surface area contributed by atoms with Crippen LogP contribution >= 0.6 is 22.6 Å². The van der Waals surface area contributed by atoms with Gasteiger partial charge in [0.15, 0.2) is 0 Å². The second kappa shape index (κ2) is 5.99. The quantitative estimate of drug-likeness (QED) is 0.691. The van der Waals surface area contributed by atoms with Gasteiger partial charge in [0.1, 0.15) is 0 Å². The number of carbonyl (C=O) groups is 2. The predicted octanol–water partition coefficient (Wildman–Crippen LogP) is 3.30. The highest BCUT2D eigenvalue weighted by atomic mass is 127. The number of amides is 2. The molecule has 2 amide bonds. The molecule has 110 valence electrons. The number of hydrogen-bond acceptors (Lipinski definition) is 2. The molecule has 0 bridgehead atoms. The molecule has 0 aliphatic carbocycles. The Balaban J connectivity index is 2.78. The molecule has 1 rings (SSSR count). The van der Waals surface area contributed by atoms with Crippen LogP contribution in [0.1, 0.15) is 27.7 Å². The topological polar surface area (TPSA) is 78.4 Å². The van der Waals surface area contributed by atoms with E-state index in [1.165, 1.54) is 0 Å². The largest absolute Gasteiger partial charge is 0.481 e. The van der Waals surface area contributed by atoms with E-state index in [1.807, 2.05) is 18.2 Å². The number of carbonyl (C=O) groups excluding carboxylic acids is 1. The number of anilines is 1. The summed E-state index contributed by atoms with van der Waals surface area (Å²) in [5.41, 5.74) is -1.32. The minimum absolute atomic E-state index is 0.425. The number of benzene rings is 1. The van der Waals surface area contributed by atoms with Crippen molar-refractivity contribution in [1.82, 2.24) is 5.32 Å². The summed E-state index contributed by atoms with van der Waals surface area (Å²) in [6.07, 6.45) is 0. The zero-order chi connectivity index (χ0) is 15.6. The van der Waals surface area contributed by atoms with Crippen molar-refractivity contribution in [3.8, 4) is 0 Å². The van der Waals surface area contributed by atoms with E-state index >= 15 is 0 Å². The van der Waals surface area contributed by atoms with E-state index in [0.717, 1.165) is 3.57 Å². The van der Waals surface area contributed by atoms with Crippen molar-refractivity contribution in [1.29, 1.82) is 0 Å². The lowest BCUT2D eigenvalue weighted by molar-refractivity contribution is -0.150. The Hall–Kier alpha value is -1.31. The highest BCUT2D eigenvalue weighted by Crippen LogP contribution is 2.30. The van der Waals surface area contributed by atoms with Crippen LogP contribution in [0.4, 0.5) is 10.5 Å². The number of aliphatic carboxylic acids is 1. The molecule has 0 heterocycles. The molecule has 1 aromatic rings. The Morgan fingerprint density at radius 3 is 2.30 bits per heavy atom. The molecule has 1 aromatic carbocycles. The van der Waals surface area contributed by atoms with E-state index in [4.69, 9.17) is 0 Å². The lowest BCUT2D eigenvalue weighted by Crippen LogP contribution is -2.57. The first-order valence-electron chi connectivity index (χ1n) is 6.14. The number of carboxylic acid groups (broad SMARTS) is 1. The second-order valence-electron chi connectivity index (χ2n) is 5.64. The molecule has 0 radical (unpaired) electrons. The minimum atomic E-state index is -1.09. The fourth-order valence-electron chi connectivity index (χ4n) is 1.44. The highest BCUT2D eigenvalue weighted by Gasteiger charge is 2.44. The van der Waals surface area contributed by atoms with E-state index in [-0.39, 0.29) is 0 Å². The molecule has 0 aromatic heterocycles. The highest BCUT2D eigenvalue weighted by molar-refractivity contribution is 14.1. The van der Waals surface area contributed by atoms with Crippen LogP contribution in [0.5, 0.6) is 0 Å². The Bertz CT molecular complexity index is 527. The smallest absolute Gasteiger partial charge is 0.319 e. The Morgan fingerprint density at radius 2 is 1.80 bits per heavy atom. The van der Waals surface area contributed by atoms with Crippen molar-refractivity contribution >= 4 is 40.3 Å². The molecule has 20 heavy (non-hydrogen) atoms. The average Bonchev–Trinajstić information content (AvgIpc) is 2.27. The van der Waals surface area contributed by atoms with Gasteiger partial charge in [0.2, 0.25) is 0 Å². The molecule has 3 N–H and O–H groups in total. The standard InChI is InChI=1S/C14H19IN2O3/c1-13(2,11(18)19)14(3,4)17-12(20)16-10-7-5-6-9(15)8-10/h5-8H,1-4H3,(H,18,19)(H2,16,17,20). The Labute approximate surface area is 132 Å². The maximum absolute atomic E-state index is 12.0. The average molecular weight is 390 g/mol. The molecule has 0 fully saturated rings. The molecular formula is C14H19IN2O3. The first kappa shape index (κ1) is 16.7. The summed E-state index contributed by atoms with van der Waals surface area (Å²) in [6.45, 7) is 6.55. The lowest BCUT2D eigenvalue weighted by Gasteiger charge is -2.38. The Kier molecular flexibility index (Phi) is 5.01. The van der Waals surface area contributed by atoms with Gasteiger partial charge in [0.25, 0.3) is 0 Å². The van der Waals surface area contributed by atoms with Crippen LogP contribution in [-0.4, -0.2) is 22.6 Å². The van der Waals surface area contributed by atoms with Gasteiger partial charge in [0, 0.05) is 9.26 Å². The molecule has 0 aliphatic rings. The third-order valence-corrected chi connectivity index (χ3v) is 4.28. The van der Waals surface area contributed by atoms with Crippen LogP contribution in [0.3, 0.4) is 0 Å². The van der Waals surface area contributed by atoms with Gasteiger partial charge in [-0.3, -0.25) is 4.79 Å². The predicted molar refractivity (Wildman–Crippen MR) is 86.8 cm³/mol. The molecule has 0 spiro atoms. The van der Waals surface area contributed by atoms with Crippen LogP contribution < -0.4 is 10.6 Å². The monoisotopic (exact) mass is 390 g/mol. The summed E-state index contributed by atoms with van der Waals surface area (Å²) in [7, 11) is 0. The molecule has 5 nitrogen and oxygen atoms in total. The minimum Gasteiger partial charge on any atom is -0.481 e. The summed E-state index contributed by atoms with van der Waals surface area (Å²) >= 11 is 2.15. The Morgan fingerprint density at radius 1 is 1.20 bits per heavy atom. The fraction of sp³-hybridized carbons (Fsp3) is 0.429. The van der Waals surface area contributed by atoms with E-state index in [1.54, 1.807) is 33.8 Å². The molecule has 6 heteroatoms. The van der Waals surface area contributed by atoms with E-state index < -0.39 is 23.0 Å². The van der Waals surface area contributed by atoms with Gasteiger partial charge in [-0.2, -0.15) is 0 Å². The van der Waals surface area contributed by atoms with E-state index in [9.17, 15) is 14.7 Å². The van der Waals surface area contributed by atoms with Crippen LogP contribution in [0.2, 0.25) is 0 Å². The van der Waals surface area contributed by atoms with Gasteiger partial charge < -0.3 is 15.7 Å². The number of carboxylic acids is 1. The van der Waals surface area contributed by atoms with E-state index in [2.05, 4.69) is 33.2 Å². The van der Waals surface area contributed by atoms with Crippen LogP contribution in [0.15, 0.2) is 24.3 Å². The van der Waals surface area contributed by atoms with Crippen molar-refractivity contribution in [3.63, 3.8) is 0 Å². The lowest BCUT2D eigenvalue weighted by atomic mass is 9.74. The fourth-order valence-corrected chi connectivity index (χ4v) is 1.98. The molecule has 0 atom stereocenters. The van der Waals surface area contributed by atoms with Crippen molar-refractivity contribution in [2.24, 2.45) is 5.41 Å². The van der Waals surface area contributed by atoms with Gasteiger partial charge in [-0.25, -0.2) is 4.79 Å². The van der Waals surface area contributed by atoms with Gasteiger partial charge >= 0.3 is 12.0 Å². The first-order valence-corrected chi connectivity index (χ1v) is 7.22. The summed E-state index contributed by atoms with van der Waals surface area (Å²) in [6, 6.07) is 6.93. The zero-order valence-electron chi connectivity index (χ0n) is 12.0. The third kappa shape index (κ3) is 3.84. The van der Waals surface area contributed by atoms with Crippen LogP contribution in [0.25, 0.3) is 0 Å². The van der Waals surface area contributed by atoms with Crippen molar-refractivity contribution in [2.75, 3.05) is 5.32 Å². The van der Waals surface area contributed by atoms with Crippen molar-refractivity contribution < 1.29 is 14.7 Å². The SMILES string of the molecule is CC(C)(NC(=O)Nc1cccc(I)c1)C(C)(C)C(=O)O. The van der Waals surface area contributed by atoms with Crippen LogP contribution in [-0.2, 0) is 4.79 Å². The number of hydrogen-bond donors (Lipinski definition) is 3. The molecule has 0 aliphatic heterocycles. The number of nitrogens with one attached hydrogen (secondary N) is 2.